The number of thiazole rings is 1. The van der Waals surface area contributed by atoms with Crippen molar-refractivity contribution in [2.45, 2.75) is 0 Å². The normalized spacial score (nSPS) is 10.5. The molecule has 0 radical (unpaired) electrons. The Morgan fingerprint density at radius 3 is 2.76 bits per heavy atom. The lowest BCUT2D eigenvalue weighted by molar-refractivity contribution is 0.0692. The molecule has 0 atom stereocenters. The zero-order valence-corrected chi connectivity index (χ0v) is 12.0. The van der Waals surface area contributed by atoms with E-state index in [-0.39, 0.29) is 5.69 Å². The first kappa shape index (κ1) is 12.8. The summed E-state index contributed by atoms with van der Waals surface area (Å²) < 4.78 is 0.487. The van der Waals surface area contributed by atoms with Gasteiger partial charge in [-0.3, -0.25) is 0 Å². The number of hydrogen-bond acceptors (Lipinski definition) is 3. The lowest BCUT2D eigenvalue weighted by Gasteiger charge is -2.02. The van der Waals surface area contributed by atoms with Crippen LogP contribution in [0.2, 0.25) is 10.0 Å². The van der Waals surface area contributed by atoms with Crippen LogP contribution in [0.25, 0.3) is 10.4 Å². The molecule has 0 unspecified atom stereocenters. The molecule has 17 heavy (non-hydrogen) atoms. The maximum Gasteiger partial charge on any atom is 0.356 e. The predicted octanol–water partition coefficient (Wildman–Crippen LogP) is 4.58. The number of benzene rings is 1. The average Bonchev–Trinajstić information content (AvgIpc) is 2.64. The SMILES string of the molecule is O=C(O)c1nc(Br)sc1-c1cc(Cl)ccc1Cl. The van der Waals surface area contributed by atoms with Crippen LogP contribution in [0.15, 0.2) is 22.1 Å². The summed E-state index contributed by atoms with van der Waals surface area (Å²) in [7, 11) is 0. The van der Waals surface area contributed by atoms with Gasteiger partial charge in [-0.25, -0.2) is 9.78 Å². The van der Waals surface area contributed by atoms with E-state index in [2.05, 4.69) is 20.9 Å². The zero-order chi connectivity index (χ0) is 12.6. The number of rotatable bonds is 2. The first-order chi connectivity index (χ1) is 7.99. The Balaban J connectivity index is 2.67. The molecule has 2 aromatic rings. The third kappa shape index (κ3) is 2.63. The molecule has 1 aromatic heterocycles. The van der Waals surface area contributed by atoms with E-state index in [4.69, 9.17) is 28.3 Å². The minimum Gasteiger partial charge on any atom is -0.476 e. The van der Waals surface area contributed by atoms with Crippen LogP contribution >= 0.6 is 50.5 Å². The first-order valence-electron chi connectivity index (χ1n) is 4.34. The molecular weight excluding hydrogens is 349 g/mol. The second-order valence-electron chi connectivity index (χ2n) is 3.07. The van der Waals surface area contributed by atoms with Crippen molar-refractivity contribution < 1.29 is 9.90 Å². The topological polar surface area (TPSA) is 50.2 Å². The van der Waals surface area contributed by atoms with Gasteiger partial charge in [-0.15, -0.1) is 11.3 Å². The van der Waals surface area contributed by atoms with Gasteiger partial charge in [0.15, 0.2) is 9.61 Å². The molecule has 0 amide bonds. The number of aromatic nitrogens is 1. The van der Waals surface area contributed by atoms with Gasteiger partial charge in [0.1, 0.15) is 0 Å². The van der Waals surface area contributed by atoms with E-state index in [9.17, 15) is 4.79 Å². The molecule has 0 fully saturated rings. The van der Waals surface area contributed by atoms with Crippen molar-refractivity contribution in [3.05, 3.63) is 37.9 Å². The molecule has 3 nitrogen and oxygen atoms in total. The van der Waals surface area contributed by atoms with Crippen molar-refractivity contribution >= 4 is 56.4 Å². The second kappa shape index (κ2) is 4.94. The highest BCUT2D eigenvalue weighted by atomic mass is 79.9. The van der Waals surface area contributed by atoms with Gasteiger partial charge >= 0.3 is 5.97 Å². The number of carbonyl (C=O) groups is 1. The summed E-state index contributed by atoms with van der Waals surface area (Å²) in [5.41, 5.74) is 0.533. The van der Waals surface area contributed by atoms with Crippen LogP contribution in [0.4, 0.5) is 0 Å². The van der Waals surface area contributed by atoms with E-state index in [1.807, 2.05) is 0 Å². The van der Waals surface area contributed by atoms with Gasteiger partial charge in [-0.05, 0) is 34.1 Å². The second-order valence-corrected chi connectivity index (χ2v) is 6.19. The highest BCUT2D eigenvalue weighted by Crippen LogP contribution is 2.38. The predicted molar refractivity (Wildman–Crippen MR) is 72.2 cm³/mol. The Bertz CT molecular complexity index is 600. The maximum atomic E-state index is 11.1. The molecule has 0 spiro atoms. The Morgan fingerprint density at radius 1 is 1.41 bits per heavy atom. The number of hydrogen-bond donors (Lipinski definition) is 1. The lowest BCUT2D eigenvalue weighted by atomic mass is 10.1. The molecule has 0 aliphatic carbocycles. The van der Waals surface area contributed by atoms with Crippen molar-refractivity contribution in [3.8, 4) is 10.4 Å². The van der Waals surface area contributed by atoms with E-state index >= 15 is 0 Å². The minimum absolute atomic E-state index is 0.0361. The summed E-state index contributed by atoms with van der Waals surface area (Å²) in [5, 5.41) is 9.98. The van der Waals surface area contributed by atoms with E-state index in [0.717, 1.165) is 0 Å². The molecule has 0 aliphatic heterocycles. The quantitative estimate of drug-likeness (QED) is 0.860. The highest BCUT2D eigenvalue weighted by Gasteiger charge is 2.19. The summed E-state index contributed by atoms with van der Waals surface area (Å²) in [5.74, 6) is -1.10. The van der Waals surface area contributed by atoms with E-state index in [1.165, 1.54) is 11.3 Å². The van der Waals surface area contributed by atoms with Crippen LogP contribution in [0.1, 0.15) is 10.5 Å². The standard InChI is InChI=1S/C10H4BrCl2NO2S/c11-10-14-7(9(15)16)8(17-10)5-3-4(12)1-2-6(5)13/h1-3H,(H,15,16). The first-order valence-corrected chi connectivity index (χ1v) is 6.70. The fraction of sp³-hybridized carbons (Fsp3) is 0. The lowest BCUT2D eigenvalue weighted by Crippen LogP contribution is -1.98. The Labute approximate surface area is 119 Å². The van der Waals surface area contributed by atoms with E-state index < -0.39 is 5.97 Å². The van der Waals surface area contributed by atoms with Gasteiger partial charge in [-0.2, -0.15) is 0 Å². The molecule has 1 heterocycles. The number of halogens is 3. The molecule has 1 aromatic carbocycles. The molecule has 0 saturated carbocycles. The molecule has 2 rings (SSSR count). The van der Waals surface area contributed by atoms with Crippen LogP contribution in [-0.4, -0.2) is 16.1 Å². The third-order valence-electron chi connectivity index (χ3n) is 1.98. The number of carboxylic acids is 1. The van der Waals surface area contributed by atoms with E-state index in [0.29, 0.717) is 24.4 Å². The van der Waals surface area contributed by atoms with Gasteiger partial charge in [0.25, 0.3) is 0 Å². The van der Waals surface area contributed by atoms with Gasteiger partial charge in [-0.1, -0.05) is 23.2 Å². The average molecular weight is 353 g/mol. The number of aromatic carboxylic acids is 1. The smallest absolute Gasteiger partial charge is 0.356 e. The van der Waals surface area contributed by atoms with Gasteiger partial charge in [0.2, 0.25) is 0 Å². The third-order valence-corrected chi connectivity index (χ3v) is 4.08. The number of nitrogens with zero attached hydrogens (tertiary/aromatic N) is 1. The van der Waals surface area contributed by atoms with Gasteiger partial charge < -0.3 is 5.11 Å². The fourth-order valence-electron chi connectivity index (χ4n) is 1.29. The molecule has 1 N–H and O–H groups in total. The van der Waals surface area contributed by atoms with Crippen molar-refractivity contribution in [1.82, 2.24) is 4.98 Å². The summed E-state index contributed by atoms with van der Waals surface area (Å²) in [6.45, 7) is 0. The molecule has 7 heteroatoms. The van der Waals surface area contributed by atoms with Crippen LogP contribution in [0, 0.1) is 0 Å². The van der Waals surface area contributed by atoms with Crippen molar-refractivity contribution in [1.29, 1.82) is 0 Å². The molecule has 88 valence electrons. The van der Waals surface area contributed by atoms with Gasteiger partial charge in [0.05, 0.1) is 4.88 Å². The van der Waals surface area contributed by atoms with Crippen molar-refractivity contribution in [2.75, 3.05) is 0 Å². The maximum absolute atomic E-state index is 11.1. The van der Waals surface area contributed by atoms with Crippen molar-refractivity contribution in [3.63, 3.8) is 0 Å². The van der Waals surface area contributed by atoms with Crippen LogP contribution in [-0.2, 0) is 0 Å². The number of carboxylic acid groups (broad SMARTS) is 1. The Kier molecular flexibility index (Phi) is 3.73. The molecular formula is C10H4BrCl2NO2S. The minimum atomic E-state index is -1.10. The van der Waals surface area contributed by atoms with Crippen LogP contribution in [0.3, 0.4) is 0 Å². The Hall–Kier alpha value is -0.620. The highest BCUT2D eigenvalue weighted by molar-refractivity contribution is 9.11. The molecule has 0 saturated heterocycles. The monoisotopic (exact) mass is 351 g/mol. The van der Waals surface area contributed by atoms with Crippen LogP contribution in [0.5, 0.6) is 0 Å². The zero-order valence-electron chi connectivity index (χ0n) is 8.08. The molecule has 0 bridgehead atoms. The van der Waals surface area contributed by atoms with Gasteiger partial charge in [0, 0.05) is 15.6 Å². The summed E-state index contributed by atoms with van der Waals surface area (Å²) >= 11 is 16.3. The molecule has 0 aliphatic rings. The van der Waals surface area contributed by atoms with Crippen molar-refractivity contribution in [2.24, 2.45) is 0 Å². The largest absolute Gasteiger partial charge is 0.476 e. The fourth-order valence-corrected chi connectivity index (χ4v) is 3.21. The Morgan fingerprint density at radius 2 is 2.12 bits per heavy atom. The summed E-state index contributed by atoms with van der Waals surface area (Å²) in [6.07, 6.45) is 0. The van der Waals surface area contributed by atoms with Crippen LogP contribution < -0.4 is 0 Å². The summed E-state index contributed by atoms with van der Waals surface area (Å²) in [6, 6.07) is 4.89. The van der Waals surface area contributed by atoms with E-state index in [1.54, 1.807) is 18.2 Å². The summed E-state index contributed by atoms with van der Waals surface area (Å²) in [4.78, 5) is 15.4.